The van der Waals surface area contributed by atoms with Crippen LogP contribution in [-0.4, -0.2) is 34.7 Å². The Balaban J connectivity index is 1.38. The lowest BCUT2D eigenvalue weighted by molar-refractivity contribution is -0.143. The van der Waals surface area contributed by atoms with Gasteiger partial charge in [-0.25, -0.2) is 9.59 Å². The van der Waals surface area contributed by atoms with Crippen molar-refractivity contribution in [2.75, 3.05) is 6.61 Å². The molecule has 3 aromatic rings. The second kappa shape index (κ2) is 6.81. The molecule has 1 aliphatic heterocycles. The highest BCUT2D eigenvalue weighted by atomic mass is 16.6. The minimum atomic E-state index is -1.05. The Kier molecular flexibility index (Phi) is 4.12. The van der Waals surface area contributed by atoms with Crippen LogP contribution in [0, 0.1) is 0 Å². The summed E-state index contributed by atoms with van der Waals surface area (Å²) in [5.74, 6) is -0.514. The van der Waals surface area contributed by atoms with Gasteiger partial charge < -0.3 is 14.3 Å². The first kappa shape index (κ1) is 17.6. The number of hydrogen-bond acceptors (Lipinski definition) is 4. The smallest absolute Gasteiger partial charge is 0.410 e. The van der Waals surface area contributed by atoms with Crippen LogP contribution < -0.4 is 0 Å². The largest absolute Gasteiger partial charge is 0.480 e. The highest BCUT2D eigenvalue weighted by Crippen LogP contribution is 2.44. The zero-order valence-corrected chi connectivity index (χ0v) is 15.6. The van der Waals surface area contributed by atoms with Crippen molar-refractivity contribution in [1.82, 2.24) is 4.90 Å². The number of carboxylic acids is 1. The van der Waals surface area contributed by atoms with Crippen molar-refractivity contribution in [3.05, 3.63) is 83.3 Å². The molecule has 1 N–H and O–H groups in total. The van der Waals surface area contributed by atoms with Crippen molar-refractivity contribution < 1.29 is 23.8 Å². The van der Waals surface area contributed by atoms with Gasteiger partial charge >= 0.3 is 12.1 Å². The minimum Gasteiger partial charge on any atom is -0.480 e. The molecule has 0 saturated carbocycles. The highest BCUT2D eigenvalue weighted by molar-refractivity contribution is 5.82. The minimum absolute atomic E-state index is 0.0707. The van der Waals surface area contributed by atoms with Gasteiger partial charge in [0.1, 0.15) is 18.4 Å². The summed E-state index contributed by atoms with van der Waals surface area (Å²) < 4.78 is 11.0. The molecule has 1 aliphatic carbocycles. The Morgan fingerprint density at radius 2 is 1.69 bits per heavy atom. The van der Waals surface area contributed by atoms with Crippen LogP contribution in [0.2, 0.25) is 0 Å². The fraction of sp³-hybridized carbons (Fsp3) is 0.217. The summed E-state index contributed by atoms with van der Waals surface area (Å²) in [5, 5.41) is 9.58. The van der Waals surface area contributed by atoms with Crippen molar-refractivity contribution in [3.8, 4) is 11.1 Å². The van der Waals surface area contributed by atoms with E-state index in [1.807, 2.05) is 36.4 Å². The van der Waals surface area contributed by atoms with Gasteiger partial charge in [-0.1, -0.05) is 48.5 Å². The number of ether oxygens (including phenoxy) is 1. The first-order valence-corrected chi connectivity index (χ1v) is 9.53. The normalized spacial score (nSPS) is 17.4. The third-order valence-electron chi connectivity index (χ3n) is 5.80. The van der Waals surface area contributed by atoms with Gasteiger partial charge in [0.05, 0.1) is 12.8 Å². The van der Waals surface area contributed by atoms with Crippen molar-refractivity contribution >= 4 is 12.1 Å². The number of carboxylic acid groups (broad SMARTS) is 1. The second-order valence-corrected chi connectivity index (χ2v) is 7.36. The number of carbonyl (C=O) groups is 2. The van der Waals surface area contributed by atoms with Crippen molar-refractivity contribution in [2.45, 2.75) is 24.9 Å². The molecule has 146 valence electrons. The fourth-order valence-electron chi connectivity index (χ4n) is 4.36. The maximum absolute atomic E-state index is 12.8. The molecule has 6 nitrogen and oxygen atoms in total. The predicted octanol–water partition coefficient (Wildman–Crippen LogP) is 4.04. The molecule has 2 aromatic carbocycles. The quantitative estimate of drug-likeness (QED) is 0.731. The zero-order chi connectivity index (χ0) is 20.0. The number of aliphatic carboxylic acids is 1. The molecule has 0 spiro atoms. The summed E-state index contributed by atoms with van der Waals surface area (Å²) in [6.45, 7) is 0.247. The van der Waals surface area contributed by atoms with Crippen LogP contribution in [0.5, 0.6) is 0 Å². The molecule has 0 bridgehead atoms. The van der Waals surface area contributed by atoms with E-state index in [2.05, 4.69) is 12.1 Å². The third kappa shape index (κ3) is 2.88. The number of nitrogens with zero attached hydrogens (tertiary/aromatic N) is 1. The molecule has 1 unspecified atom stereocenters. The molecule has 0 saturated heterocycles. The third-order valence-corrected chi connectivity index (χ3v) is 5.80. The fourth-order valence-corrected chi connectivity index (χ4v) is 4.36. The average molecular weight is 389 g/mol. The van der Waals surface area contributed by atoms with Crippen LogP contribution in [0.4, 0.5) is 4.79 Å². The van der Waals surface area contributed by atoms with Gasteiger partial charge in [-0.2, -0.15) is 0 Å². The Hall–Kier alpha value is -3.54. The van der Waals surface area contributed by atoms with Crippen molar-refractivity contribution in [1.29, 1.82) is 0 Å². The number of benzene rings is 2. The molecule has 2 aliphatic rings. The van der Waals surface area contributed by atoms with E-state index in [1.54, 1.807) is 6.07 Å². The number of carbonyl (C=O) groups excluding carboxylic acids is 1. The molecule has 5 rings (SSSR count). The maximum atomic E-state index is 12.8. The number of rotatable bonds is 3. The Morgan fingerprint density at radius 1 is 1.03 bits per heavy atom. The van der Waals surface area contributed by atoms with Crippen LogP contribution in [0.15, 0.2) is 65.3 Å². The van der Waals surface area contributed by atoms with E-state index in [1.165, 1.54) is 11.2 Å². The van der Waals surface area contributed by atoms with Crippen LogP contribution in [0.1, 0.15) is 28.4 Å². The maximum Gasteiger partial charge on any atom is 0.410 e. The first-order valence-electron chi connectivity index (χ1n) is 9.53. The van der Waals surface area contributed by atoms with Gasteiger partial charge in [0.25, 0.3) is 0 Å². The van der Waals surface area contributed by atoms with Crippen LogP contribution in [0.3, 0.4) is 0 Å². The summed E-state index contributed by atoms with van der Waals surface area (Å²) in [4.78, 5) is 25.8. The van der Waals surface area contributed by atoms with E-state index in [4.69, 9.17) is 9.15 Å². The number of amides is 1. The van der Waals surface area contributed by atoms with E-state index in [9.17, 15) is 14.7 Å². The molecule has 1 atom stereocenters. The number of fused-ring (bicyclic) bond motifs is 4. The topological polar surface area (TPSA) is 80.0 Å². The van der Waals surface area contributed by atoms with Crippen LogP contribution >= 0.6 is 0 Å². The number of furan rings is 1. The van der Waals surface area contributed by atoms with Gasteiger partial charge in [0.15, 0.2) is 0 Å². The Bertz CT molecular complexity index is 1060. The average Bonchev–Trinajstić information content (AvgIpc) is 3.33. The lowest BCUT2D eigenvalue weighted by atomic mass is 9.98. The van der Waals surface area contributed by atoms with Gasteiger partial charge in [0.2, 0.25) is 0 Å². The summed E-state index contributed by atoms with van der Waals surface area (Å²) in [6.07, 6.45) is 1.09. The van der Waals surface area contributed by atoms with E-state index in [-0.39, 0.29) is 25.5 Å². The molecule has 29 heavy (non-hydrogen) atoms. The molecule has 0 radical (unpaired) electrons. The van der Waals surface area contributed by atoms with E-state index >= 15 is 0 Å². The lowest BCUT2D eigenvalue weighted by Gasteiger charge is -2.31. The first-order chi connectivity index (χ1) is 14.1. The SMILES string of the molecule is O=C(O)C1Cc2ccoc2CN1C(=O)OCC1c2ccccc2-c2ccccc21. The predicted molar refractivity (Wildman–Crippen MR) is 104 cm³/mol. The summed E-state index contributed by atoms with van der Waals surface area (Å²) >= 11 is 0. The van der Waals surface area contributed by atoms with E-state index in [0.717, 1.165) is 27.8 Å². The van der Waals surface area contributed by atoms with Gasteiger partial charge in [-0.3, -0.25) is 4.90 Å². The second-order valence-electron chi connectivity index (χ2n) is 7.36. The Labute approximate surface area is 167 Å². The standard InChI is InChI=1S/C23H19NO5/c25-22(26)20-11-14-9-10-28-21(14)12-24(20)23(27)29-13-19-17-7-3-1-5-15(17)16-6-2-4-8-18(16)19/h1-10,19-20H,11-13H2,(H,25,26). The van der Waals surface area contributed by atoms with E-state index in [0.29, 0.717) is 5.76 Å². The van der Waals surface area contributed by atoms with Crippen LogP contribution in [-0.2, 0) is 22.5 Å². The molecule has 0 fully saturated rings. The zero-order valence-electron chi connectivity index (χ0n) is 15.6. The summed E-state index contributed by atoms with van der Waals surface area (Å²) in [5.41, 5.74) is 5.34. The summed E-state index contributed by atoms with van der Waals surface area (Å²) in [6, 6.07) is 17.0. The monoisotopic (exact) mass is 389 g/mol. The molecule has 2 heterocycles. The van der Waals surface area contributed by atoms with Gasteiger partial charge in [-0.15, -0.1) is 0 Å². The molecular formula is C23H19NO5. The molecule has 6 heteroatoms. The highest BCUT2D eigenvalue weighted by Gasteiger charge is 2.38. The van der Waals surface area contributed by atoms with E-state index < -0.39 is 18.1 Å². The van der Waals surface area contributed by atoms with Crippen molar-refractivity contribution in [2.24, 2.45) is 0 Å². The summed E-state index contributed by atoms with van der Waals surface area (Å²) in [7, 11) is 0. The molecular weight excluding hydrogens is 370 g/mol. The van der Waals surface area contributed by atoms with Crippen molar-refractivity contribution in [3.63, 3.8) is 0 Å². The lowest BCUT2D eigenvalue weighted by Crippen LogP contribution is -2.48. The molecule has 1 amide bonds. The Morgan fingerprint density at radius 3 is 2.34 bits per heavy atom. The van der Waals surface area contributed by atoms with Gasteiger partial charge in [-0.05, 0) is 33.9 Å². The molecule has 1 aromatic heterocycles. The van der Waals surface area contributed by atoms with Gasteiger partial charge in [0, 0.05) is 12.3 Å². The van der Waals surface area contributed by atoms with Crippen LogP contribution in [0.25, 0.3) is 11.1 Å². The number of hydrogen-bond donors (Lipinski definition) is 1.